The van der Waals surface area contributed by atoms with Gasteiger partial charge in [0.2, 0.25) is 0 Å². The van der Waals surface area contributed by atoms with E-state index in [0.29, 0.717) is 19.3 Å². The van der Waals surface area contributed by atoms with Crippen molar-refractivity contribution in [2.75, 3.05) is 13.2 Å². The highest BCUT2D eigenvalue weighted by atomic mass is 16.6. The highest BCUT2D eigenvalue weighted by Gasteiger charge is 2.19. The van der Waals surface area contributed by atoms with E-state index >= 15 is 0 Å². The van der Waals surface area contributed by atoms with Crippen molar-refractivity contribution in [1.82, 2.24) is 0 Å². The van der Waals surface area contributed by atoms with Crippen molar-refractivity contribution in [3.05, 3.63) is 146 Å². The summed E-state index contributed by atoms with van der Waals surface area (Å²) in [5.74, 6) is -0.917. The van der Waals surface area contributed by atoms with Gasteiger partial charge in [-0.2, -0.15) is 0 Å². The van der Waals surface area contributed by atoms with E-state index in [1.807, 2.05) is 0 Å². The predicted molar refractivity (Wildman–Crippen MR) is 362 cm³/mol. The van der Waals surface area contributed by atoms with Crippen LogP contribution in [0.2, 0.25) is 0 Å². The van der Waals surface area contributed by atoms with Crippen molar-refractivity contribution in [3.8, 4) is 0 Å². The van der Waals surface area contributed by atoms with Gasteiger partial charge in [-0.05, 0) is 122 Å². The first-order valence-electron chi connectivity index (χ1n) is 34.3. The van der Waals surface area contributed by atoms with E-state index in [9.17, 15) is 14.4 Å². The third-order valence-corrected chi connectivity index (χ3v) is 14.3. The van der Waals surface area contributed by atoms with Crippen molar-refractivity contribution < 1.29 is 28.6 Å². The fraction of sp³-hybridized carbons (Fsp3) is 0.649. The van der Waals surface area contributed by atoms with Gasteiger partial charge in [0.1, 0.15) is 13.2 Å². The van der Waals surface area contributed by atoms with Crippen LogP contribution < -0.4 is 0 Å². The van der Waals surface area contributed by atoms with Crippen molar-refractivity contribution in [3.63, 3.8) is 0 Å². The van der Waals surface area contributed by atoms with Gasteiger partial charge < -0.3 is 14.2 Å². The zero-order valence-electron chi connectivity index (χ0n) is 53.9. The lowest BCUT2D eigenvalue weighted by atomic mass is 10.0. The molecule has 0 rings (SSSR count). The van der Waals surface area contributed by atoms with Crippen molar-refractivity contribution in [1.29, 1.82) is 0 Å². The van der Waals surface area contributed by atoms with Gasteiger partial charge in [0, 0.05) is 19.3 Å². The fourth-order valence-corrected chi connectivity index (χ4v) is 9.27. The number of rotatable bonds is 61. The highest BCUT2D eigenvalue weighted by molar-refractivity contribution is 5.71. The molecule has 0 N–H and O–H groups in total. The average molecular weight is 1150 g/mol. The van der Waals surface area contributed by atoms with Gasteiger partial charge in [-0.3, -0.25) is 14.4 Å². The average Bonchev–Trinajstić information content (AvgIpc) is 3.49. The topological polar surface area (TPSA) is 78.9 Å². The number of hydrogen-bond donors (Lipinski definition) is 0. The standard InChI is InChI=1S/C77H126O6/c1-4-7-10-13-16-18-20-22-24-26-28-30-32-34-36-38-40-42-44-46-48-50-52-54-56-58-61-64-67-70-76(79)82-73-74(72-81-75(78)69-66-63-60-15-12-9-6-3)83-77(80)71-68-65-62-59-57-55-53-51-49-47-45-43-41-39-37-35-33-31-29-27-25-23-21-19-17-14-11-8-5-2/h7-8,10-11,16-19,22-25,28-31,34,36,40,42,46,48,52,54,74H,4-6,9,12-15,20-21,26-27,32-33,35,37-39,41,43-45,47,49-51,53,55-73H2,1-3H3/b10-7-,11-8-,18-16-,19-17-,24-22-,25-23-,30-28-,31-29-,36-34-,42-40-,48-46-,54-52-. The molecule has 0 fully saturated rings. The van der Waals surface area contributed by atoms with Crippen LogP contribution in [0, 0.1) is 0 Å². The lowest BCUT2D eigenvalue weighted by Crippen LogP contribution is -2.30. The fourth-order valence-electron chi connectivity index (χ4n) is 9.27. The van der Waals surface area contributed by atoms with E-state index in [1.165, 1.54) is 116 Å². The molecule has 0 bridgehead atoms. The Bertz CT molecular complexity index is 1800. The summed E-state index contributed by atoms with van der Waals surface area (Å²) >= 11 is 0. The van der Waals surface area contributed by atoms with E-state index in [-0.39, 0.29) is 31.1 Å². The molecular formula is C77H126O6. The van der Waals surface area contributed by atoms with Crippen LogP contribution in [0.4, 0.5) is 0 Å². The van der Waals surface area contributed by atoms with E-state index in [4.69, 9.17) is 14.2 Å². The third kappa shape index (κ3) is 68.0. The molecule has 0 aliphatic rings. The number of allylic oxidation sites excluding steroid dienone is 24. The molecule has 0 saturated carbocycles. The summed E-state index contributed by atoms with van der Waals surface area (Å²) in [6.45, 7) is 6.36. The van der Waals surface area contributed by atoms with Crippen LogP contribution in [-0.4, -0.2) is 37.2 Å². The molecule has 0 aromatic heterocycles. The monoisotopic (exact) mass is 1150 g/mol. The number of carbonyl (C=O) groups excluding carboxylic acids is 3. The van der Waals surface area contributed by atoms with E-state index < -0.39 is 6.10 Å². The molecule has 6 nitrogen and oxygen atoms in total. The van der Waals surface area contributed by atoms with Crippen LogP contribution >= 0.6 is 0 Å². The summed E-state index contributed by atoms with van der Waals surface area (Å²) < 4.78 is 16.8. The smallest absolute Gasteiger partial charge is 0.306 e. The lowest BCUT2D eigenvalue weighted by molar-refractivity contribution is -0.167. The van der Waals surface area contributed by atoms with Crippen LogP contribution in [0.3, 0.4) is 0 Å². The van der Waals surface area contributed by atoms with Crippen molar-refractivity contribution in [2.45, 2.75) is 309 Å². The van der Waals surface area contributed by atoms with Crippen LogP contribution in [0.15, 0.2) is 146 Å². The Morgan fingerprint density at radius 1 is 0.253 bits per heavy atom. The van der Waals surface area contributed by atoms with Gasteiger partial charge in [0.25, 0.3) is 0 Å². The van der Waals surface area contributed by atoms with E-state index in [1.54, 1.807) is 0 Å². The van der Waals surface area contributed by atoms with E-state index in [2.05, 4.69) is 167 Å². The van der Waals surface area contributed by atoms with Crippen LogP contribution in [0.5, 0.6) is 0 Å². The molecule has 470 valence electrons. The minimum Gasteiger partial charge on any atom is -0.462 e. The molecule has 0 aromatic rings. The second-order valence-corrected chi connectivity index (χ2v) is 22.3. The van der Waals surface area contributed by atoms with Crippen LogP contribution in [0.1, 0.15) is 303 Å². The Hall–Kier alpha value is -4.71. The van der Waals surface area contributed by atoms with E-state index in [0.717, 1.165) is 148 Å². The number of hydrogen-bond acceptors (Lipinski definition) is 6. The molecule has 0 heterocycles. The Kier molecular flexibility index (Phi) is 65.8. The minimum absolute atomic E-state index is 0.0879. The maximum absolute atomic E-state index is 12.9. The highest BCUT2D eigenvalue weighted by Crippen LogP contribution is 2.16. The quantitative estimate of drug-likeness (QED) is 0.0261. The third-order valence-electron chi connectivity index (χ3n) is 14.3. The molecule has 0 spiro atoms. The second kappa shape index (κ2) is 69.8. The normalized spacial score (nSPS) is 13.0. The van der Waals surface area contributed by atoms with Gasteiger partial charge in [0.15, 0.2) is 6.10 Å². The maximum atomic E-state index is 12.9. The molecule has 0 saturated heterocycles. The molecule has 1 unspecified atom stereocenters. The Labute approximate surface area is 512 Å². The lowest BCUT2D eigenvalue weighted by Gasteiger charge is -2.18. The number of unbranched alkanes of at least 4 members (excludes halogenated alkanes) is 26. The molecule has 0 aliphatic heterocycles. The van der Waals surface area contributed by atoms with Crippen LogP contribution in [0.25, 0.3) is 0 Å². The van der Waals surface area contributed by atoms with Crippen molar-refractivity contribution in [2.24, 2.45) is 0 Å². The van der Waals surface area contributed by atoms with Gasteiger partial charge in [-0.25, -0.2) is 0 Å². The Balaban J connectivity index is 4.17. The number of ether oxygens (including phenoxy) is 3. The molecular weight excluding hydrogens is 1020 g/mol. The molecule has 0 aromatic carbocycles. The van der Waals surface area contributed by atoms with Gasteiger partial charge >= 0.3 is 17.9 Å². The molecule has 0 amide bonds. The molecule has 6 heteroatoms. The Morgan fingerprint density at radius 3 is 0.735 bits per heavy atom. The van der Waals surface area contributed by atoms with Gasteiger partial charge in [-0.1, -0.05) is 308 Å². The predicted octanol–water partition coefficient (Wildman–Crippen LogP) is 23.9. The molecule has 1 atom stereocenters. The SMILES string of the molecule is CC/C=C\C/C=C\C/C=C\C/C=C\C/C=C\C/C=C\C/C=C\C/C=C\CCCCCCC(=O)OCC(COC(=O)CCCCCCCCC)OC(=O)CCCCCCCCCCCCCCCCCC/C=C\C/C=C\C/C=C\C/C=C\CC. The van der Waals surface area contributed by atoms with Gasteiger partial charge in [-0.15, -0.1) is 0 Å². The first-order valence-corrected chi connectivity index (χ1v) is 34.3. The summed E-state index contributed by atoms with van der Waals surface area (Å²) in [6, 6.07) is 0. The summed E-state index contributed by atoms with van der Waals surface area (Å²) in [5, 5.41) is 0. The summed E-state index contributed by atoms with van der Waals surface area (Å²) in [5.41, 5.74) is 0. The number of carbonyl (C=O) groups is 3. The summed E-state index contributed by atoms with van der Waals surface area (Å²) in [6.07, 6.45) is 100. The first-order chi connectivity index (χ1) is 41.0. The first kappa shape index (κ1) is 78.3. The zero-order chi connectivity index (χ0) is 59.9. The second-order valence-electron chi connectivity index (χ2n) is 22.3. The zero-order valence-corrected chi connectivity index (χ0v) is 53.9. The molecule has 83 heavy (non-hydrogen) atoms. The van der Waals surface area contributed by atoms with Gasteiger partial charge in [0.05, 0.1) is 0 Å². The molecule has 0 radical (unpaired) electrons. The maximum Gasteiger partial charge on any atom is 0.306 e. The molecule has 0 aliphatic carbocycles. The number of esters is 3. The minimum atomic E-state index is -0.791. The Morgan fingerprint density at radius 2 is 0.470 bits per heavy atom. The van der Waals surface area contributed by atoms with Crippen molar-refractivity contribution >= 4 is 17.9 Å². The summed E-state index contributed by atoms with van der Waals surface area (Å²) in [7, 11) is 0. The van der Waals surface area contributed by atoms with Crippen LogP contribution in [-0.2, 0) is 28.6 Å². The largest absolute Gasteiger partial charge is 0.462 e. The summed E-state index contributed by atoms with van der Waals surface area (Å²) in [4.78, 5) is 38.2.